The Bertz CT molecular complexity index is 2080. The molecule has 34 heavy (non-hydrogen) atoms. The van der Waals surface area contributed by atoms with E-state index in [0.717, 1.165) is 0 Å². The first-order valence-electron chi connectivity index (χ1n) is 11.8. The van der Waals surface area contributed by atoms with Gasteiger partial charge >= 0.3 is 0 Å². The summed E-state index contributed by atoms with van der Waals surface area (Å²) >= 11 is 0. The van der Waals surface area contributed by atoms with Crippen LogP contribution in [0.4, 0.5) is 0 Å². The van der Waals surface area contributed by atoms with Crippen molar-refractivity contribution in [3.8, 4) is 0 Å². The summed E-state index contributed by atoms with van der Waals surface area (Å²) in [5.41, 5.74) is 0. The van der Waals surface area contributed by atoms with Crippen LogP contribution in [0, 0.1) is 0 Å². The van der Waals surface area contributed by atoms with Crippen LogP contribution < -0.4 is 0 Å². The van der Waals surface area contributed by atoms with Crippen LogP contribution in [0.3, 0.4) is 0 Å². The van der Waals surface area contributed by atoms with Gasteiger partial charge in [-0.15, -0.1) is 0 Å². The molecular formula is C34H20. The summed E-state index contributed by atoms with van der Waals surface area (Å²) < 4.78 is 0. The summed E-state index contributed by atoms with van der Waals surface area (Å²) in [5, 5.41) is 18.2. The molecule has 8 aromatic rings. The second-order valence-corrected chi connectivity index (χ2v) is 9.50. The van der Waals surface area contributed by atoms with Crippen molar-refractivity contribution in [3.05, 3.63) is 121 Å². The van der Waals surface area contributed by atoms with E-state index in [-0.39, 0.29) is 0 Å². The van der Waals surface area contributed by atoms with E-state index in [1.54, 1.807) is 0 Å². The van der Waals surface area contributed by atoms with E-state index in [9.17, 15) is 0 Å². The van der Waals surface area contributed by atoms with Gasteiger partial charge in [0.15, 0.2) is 0 Å². The lowest BCUT2D eigenvalue weighted by molar-refractivity contribution is 1.78. The number of rotatable bonds is 0. The van der Waals surface area contributed by atoms with E-state index in [1.807, 2.05) is 0 Å². The Kier molecular flexibility index (Phi) is 3.48. The van der Waals surface area contributed by atoms with Gasteiger partial charge in [0.1, 0.15) is 0 Å². The molecule has 0 bridgehead atoms. The summed E-state index contributed by atoms with van der Waals surface area (Å²) in [4.78, 5) is 0. The number of hydrogen-bond donors (Lipinski definition) is 0. The fourth-order valence-corrected chi connectivity index (χ4v) is 5.69. The minimum Gasteiger partial charge on any atom is -0.0616 e. The van der Waals surface area contributed by atoms with Gasteiger partial charge in [-0.25, -0.2) is 0 Å². The lowest BCUT2D eigenvalue weighted by Gasteiger charge is -2.10. The van der Waals surface area contributed by atoms with Crippen LogP contribution in [0.1, 0.15) is 0 Å². The van der Waals surface area contributed by atoms with Gasteiger partial charge in [0.05, 0.1) is 0 Å². The van der Waals surface area contributed by atoms with Gasteiger partial charge in [-0.05, 0) is 136 Å². The molecule has 0 atom stereocenters. The monoisotopic (exact) mass is 428 g/mol. The molecule has 0 heteroatoms. The van der Waals surface area contributed by atoms with Gasteiger partial charge in [0, 0.05) is 0 Å². The molecule has 0 saturated carbocycles. The molecule has 8 rings (SSSR count). The third-order valence-corrected chi connectivity index (χ3v) is 7.43. The molecule has 0 aliphatic carbocycles. The van der Waals surface area contributed by atoms with Crippen LogP contribution >= 0.6 is 0 Å². The van der Waals surface area contributed by atoms with E-state index < -0.39 is 0 Å². The van der Waals surface area contributed by atoms with Crippen molar-refractivity contribution in [1.29, 1.82) is 0 Å². The Balaban J connectivity index is 1.44. The third-order valence-electron chi connectivity index (χ3n) is 7.43. The quantitative estimate of drug-likeness (QED) is 0.166. The molecule has 0 unspecified atom stereocenters. The average molecular weight is 429 g/mol. The molecule has 0 fully saturated rings. The molecule has 0 nitrogen and oxygen atoms in total. The Morgan fingerprint density at radius 3 is 0.912 bits per heavy atom. The van der Waals surface area contributed by atoms with Crippen LogP contribution in [0.5, 0.6) is 0 Å². The average Bonchev–Trinajstić information content (AvgIpc) is 2.87. The van der Waals surface area contributed by atoms with E-state index in [1.165, 1.54) is 75.4 Å². The van der Waals surface area contributed by atoms with E-state index in [0.29, 0.717) is 0 Å². The maximum absolute atomic E-state index is 2.38. The predicted octanol–water partition coefficient (Wildman–Crippen LogP) is 9.76. The molecule has 0 aromatic heterocycles. The summed E-state index contributed by atoms with van der Waals surface area (Å²) in [6.45, 7) is 0. The van der Waals surface area contributed by atoms with Crippen molar-refractivity contribution in [2.45, 2.75) is 0 Å². The van der Waals surface area contributed by atoms with Gasteiger partial charge < -0.3 is 0 Å². The normalized spacial score (nSPS) is 12.1. The smallest absolute Gasteiger partial charge is 0.00988 e. The highest BCUT2D eigenvalue weighted by molar-refractivity contribution is 6.17. The molecule has 0 aliphatic rings. The van der Waals surface area contributed by atoms with Crippen molar-refractivity contribution < 1.29 is 0 Å². The lowest BCUT2D eigenvalue weighted by atomic mass is 9.94. The van der Waals surface area contributed by atoms with E-state index in [4.69, 9.17) is 0 Å². The zero-order valence-electron chi connectivity index (χ0n) is 18.5. The van der Waals surface area contributed by atoms with Gasteiger partial charge in [-0.2, -0.15) is 0 Å². The summed E-state index contributed by atoms with van der Waals surface area (Å²) in [5.74, 6) is 0. The van der Waals surface area contributed by atoms with Gasteiger partial charge in [0.25, 0.3) is 0 Å². The SMILES string of the molecule is c1ccc2cc3cc4cc5cc6c(ccc7cc8ccccc8cc76)cc5cc4cc3cc2c1. The second-order valence-electron chi connectivity index (χ2n) is 9.50. The van der Waals surface area contributed by atoms with Crippen LogP contribution in [0.2, 0.25) is 0 Å². The first kappa shape index (κ1) is 18.1. The molecule has 0 saturated heterocycles. The van der Waals surface area contributed by atoms with Gasteiger partial charge in [-0.1, -0.05) is 60.7 Å². The Hall–Kier alpha value is -4.42. The van der Waals surface area contributed by atoms with Crippen LogP contribution in [0.15, 0.2) is 121 Å². The maximum Gasteiger partial charge on any atom is -0.00988 e. The molecule has 156 valence electrons. The highest BCUT2D eigenvalue weighted by atomic mass is 14.1. The molecule has 0 N–H and O–H groups in total. The van der Waals surface area contributed by atoms with Crippen molar-refractivity contribution in [2.75, 3.05) is 0 Å². The first-order valence-corrected chi connectivity index (χ1v) is 11.8. The molecular weight excluding hydrogens is 408 g/mol. The minimum absolute atomic E-state index is 1.29. The third kappa shape index (κ3) is 2.60. The molecule has 8 aromatic carbocycles. The summed E-state index contributed by atoms with van der Waals surface area (Å²) in [6, 6.07) is 45.2. The van der Waals surface area contributed by atoms with Crippen molar-refractivity contribution in [3.63, 3.8) is 0 Å². The zero-order valence-corrected chi connectivity index (χ0v) is 18.5. The van der Waals surface area contributed by atoms with E-state index >= 15 is 0 Å². The first-order chi connectivity index (χ1) is 16.8. The number of benzene rings is 8. The van der Waals surface area contributed by atoms with Crippen LogP contribution in [0.25, 0.3) is 75.4 Å². The fourth-order valence-electron chi connectivity index (χ4n) is 5.69. The van der Waals surface area contributed by atoms with Crippen LogP contribution in [-0.4, -0.2) is 0 Å². The van der Waals surface area contributed by atoms with Gasteiger partial charge in [-0.3, -0.25) is 0 Å². The molecule has 0 spiro atoms. The molecule has 0 heterocycles. The lowest BCUT2D eigenvalue weighted by Crippen LogP contribution is -1.83. The number of fused-ring (bicyclic) bond motifs is 8. The fraction of sp³-hybridized carbons (Fsp3) is 0. The Morgan fingerprint density at radius 1 is 0.206 bits per heavy atom. The van der Waals surface area contributed by atoms with E-state index in [2.05, 4.69) is 121 Å². The zero-order chi connectivity index (χ0) is 22.2. The largest absolute Gasteiger partial charge is 0.0616 e. The summed E-state index contributed by atoms with van der Waals surface area (Å²) in [7, 11) is 0. The molecule has 0 radical (unpaired) electrons. The van der Waals surface area contributed by atoms with Crippen molar-refractivity contribution >= 4 is 75.4 Å². The highest BCUT2D eigenvalue weighted by Gasteiger charge is 2.07. The second kappa shape index (κ2) is 6.56. The van der Waals surface area contributed by atoms with Gasteiger partial charge in [0.2, 0.25) is 0 Å². The molecule has 0 amide bonds. The topological polar surface area (TPSA) is 0 Å². The maximum atomic E-state index is 2.38. The highest BCUT2D eigenvalue weighted by Crippen LogP contribution is 2.35. The standard InChI is InChI=1S/C34H20/c1-2-7-23-13-28-16-31-18-32-20-34-26(14-29(32)17-30(31)15-27(28)12-22(23)6-1)10-9-25-11-21-5-3-4-8-24(21)19-33(25)34/h1-20H. The predicted molar refractivity (Wildman–Crippen MR) is 149 cm³/mol. The van der Waals surface area contributed by atoms with Crippen LogP contribution in [-0.2, 0) is 0 Å². The van der Waals surface area contributed by atoms with Crippen molar-refractivity contribution in [1.82, 2.24) is 0 Å². The Labute approximate surface area is 196 Å². The van der Waals surface area contributed by atoms with Crippen molar-refractivity contribution in [2.24, 2.45) is 0 Å². The summed E-state index contributed by atoms with van der Waals surface area (Å²) in [6.07, 6.45) is 0. The minimum atomic E-state index is 1.29. The Morgan fingerprint density at radius 2 is 0.471 bits per heavy atom. The number of hydrogen-bond acceptors (Lipinski definition) is 0. The molecule has 0 aliphatic heterocycles.